The number of nitrogens with two attached hydrogens (primary N) is 1. The second-order valence-corrected chi connectivity index (χ2v) is 6.96. The lowest BCUT2D eigenvalue weighted by Gasteiger charge is -2.29. The molecule has 0 spiro atoms. The Labute approximate surface area is 118 Å². The van der Waals surface area contributed by atoms with E-state index in [-0.39, 0.29) is 16.5 Å². The maximum absolute atomic E-state index is 12.5. The zero-order chi connectivity index (χ0) is 14.9. The zero-order valence-corrected chi connectivity index (χ0v) is 12.1. The average molecular weight is 298 g/mol. The number of hydrogen-bond donors (Lipinski definition) is 2. The van der Waals surface area contributed by atoms with E-state index < -0.39 is 16.0 Å². The van der Waals surface area contributed by atoms with Crippen LogP contribution in [0.15, 0.2) is 23.1 Å². The number of carbonyl (C=O) groups is 1. The highest BCUT2D eigenvalue weighted by Crippen LogP contribution is 2.22. The van der Waals surface area contributed by atoms with Crippen molar-refractivity contribution in [3.05, 3.63) is 29.3 Å². The highest BCUT2D eigenvalue weighted by molar-refractivity contribution is 7.89. The first-order chi connectivity index (χ1) is 9.32. The molecule has 1 aliphatic rings. The van der Waals surface area contributed by atoms with Crippen molar-refractivity contribution < 1.29 is 18.3 Å². The van der Waals surface area contributed by atoms with E-state index in [4.69, 9.17) is 10.8 Å². The van der Waals surface area contributed by atoms with Crippen molar-refractivity contribution in [3.8, 4) is 0 Å². The molecule has 0 amide bonds. The van der Waals surface area contributed by atoms with Gasteiger partial charge in [-0.1, -0.05) is 6.07 Å². The average Bonchev–Trinajstić information content (AvgIpc) is 2.39. The van der Waals surface area contributed by atoms with Crippen LogP contribution in [0.3, 0.4) is 0 Å². The number of carboxylic acids is 1. The normalized spacial score (nSPS) is 18.1. The lowest BCUT2D eigenvalue weighted by Crippen LogP contribution is -2.42. The van der Waals surface area contributed by atoms with Crippen molar-refractivity contribution in [2.45, 2.75) is 30.7 Å². The van der Waals surface area contributed by atoms with E-state index in [1.165, 1.54) is 22.5 Å². The molecule has 0 radical (unpaired) electrons. The van der Waals surface area contributed by atoms with Crippen LogP contribution in [0.1, 0.15) is 28.8 Å². The standard InChI is InChI=1S/C13H18N2O4S/c1-9-2-3-11(8-12(9)13(16)17)20(18,19)15-6-4-10(14)5-7-15/h2-3,8,10H,4-7,14H2,1H3,(H,16,17). The number of hydrogen-bond acceptors (Lipinski definition) is 4. The van der Waals surface area contributed by atoms with E-state index in [2.05, 4.69) is 0 Å². The zero-order valence-electron chi connectivity index (χ0n) is 11.2. The summed E-state index contributed by atoms with van der Waals surface area (Å²) in [5.41, 5.74) is 6.32. The van der Waals surface area contributed by atoms with Crippen molar-refractivity contribution in [1.29, 1.82) is 0 Å². The molecule has 1 aromatic rings. The predicted octanol–water partition coefficient (Wildman–Crippen LogP) is 0.805. The molecule has 0 aromatic heterocycles. The van der Waals surface area contributed by atoms with E-state index in [9.17, 15) is 13.2 Å². The quantitative estimate of drug-likeness (QED) is 0.860. The lowest BCUT2D eigenvalue weighted by molar-refractivity contribution is 0.0696. The molecule has 3 N–H and O–H groups in total. The maximum Gasteiger partial charge on any atom is 0.335 e. The second-order valence-electron chi connectivity index (χ2n) is 5.02. The van der Waals surface area contributed by atoms with E-state index in [0.29, 0.717) is 31.5 Å². The monoisotopic (exact) mass is 298 g/mol. The molecule has 0 unspecified atom stereocenters. The number of piperidine rings is 1. The third kappa shape index (κ3) is 2.84. The summed E-state index contributed by atoms with van der Waals surface area (Å²) in [7, 11) is -3.64. The second kappa shape index (κ2) is 5.51. The van der Waals surface area contributed by atoms with Gasteiger partial charge < -0.3 is 10.8 Å². The number of carboxylic acid groups (broad SMARTS) is 1. The third-order valence-corrected chi connectivity index (χ3v) is 5.47. The van der Waals surface area contributed by atoms with Crippen LogP contribution >= 0.6 is 0 Å². The fraction of sp³-hybridized carbons (Fsp3) is 0.462. The minimum absolute atomic E-state index is 0.0137. The molecule has 2 rings (SSSR count). The van der Waals surface area contributed by atoms with Gasteiger partial charge in [0.1, 0.15) is 0 Å². The molecule has 1 heterocycles. The van der Waals surface area contributed by atoms with Crippen molar-refractivity contribution >= 4 is 16.0 Å². The number of nitrogens with zero attached hydrogens (tertiary/aromatic N) is 1. The molecular formula is C13H18N2O4S. The Balaban J connectivity index is 2.35. The van der Waals surface area contributed by atoms with Crippen LogP contribution in [0.5, 0.6) is 0 Å². The van der Waals surface area contributed by atoms with Crippen LogP contribution in [0.25, 0.3) is 0 Å². The molecule has 110 valence electrons. The molecule has 20 heavy (non-hydrogen) atoms. The minimum Gasteiger partial charge on any atom is -0.478 e. The van der Waals surface area contributed by atoms with Crippen LogP contribution in [-0.2, 0) is 10.0 Å². The van der Waals surface area contributed by atoms with Gasteiger partial charge >= 0.3 is 5.97 Å². The van der Waals surface area contributed by atoms with Crippen molar-refractivity contribution in [2.75, 3.05) is 13.1 Å². The number of rotatable bonds is 3. The molecular weight excluding hydrogens is 280 g/mol. The molecule has 1 aromatic carbocycles. The number of aromatic carboxylic acids is 1. The molecule has 0 saturated carbocycles. The Bertz CT molecular complexity index is 619. The van der Waals surface area contributed by atoms with Gasteiger partial charge in [-0.2, -0.15) is 4.31 Å². The molecule has 1 aliphatic heterocycles. The summed E-state index contributed by atoms with van der Waals surface area (Å²) in [4.78, 5) is 11.1. The van der Waals surface area contributed by atoms with E-state index >= 15 is 0 Å². The van der Waals surface area contributed by atoms with E-state index in [0.717, 1.165) is 0 Å². The first-order valence-electron chi connectivity index (χ1n) is 6.42. The summed E-state index contributed by atoms with van der Waals surface area (Å²) in [5, 5.41) is 9.08. The smallest absolute Gasteiger partial charge is 0.335 e. The van der Waals surface area contributed by atoms with Crippen LogP contribution in [-0.4, -0.2) is 42.9 Å². The molecule has 0 bridgehead atoms. The summed E-state index contributed by atoms with van der Waals surface area (Å²) in [6, 6.07) is 4.23. The Hall–Kier alpha value is -1.44. The van der Waals surface area contributed by atoms with Gasteiger partial charge in [-0.15, -0.1) is 0 Å². The van der Waals surface area contributed by atoms with Crippen LogP contribution in [0.2, 0.25) is 0 Å². The molecule has 0 atom stereocenters. The van der Waals surface area contributed by atoms with Gasteiger partial charge in [-0.25, -0.2) is 13.2 Å². The predicted molar refractivity (Wildman–Crippen MR) is 74.1 cm³/mol. The van der Waals surface area contributed by atoms with Crippen LogP contribution < -0.4 is 5.73 Å². The molecule has 1 fully saturated rings. The molecule has 1 saturated heterocycles. The van der Waals surface area contributed by atoms with Crippen LogP contribution in [0.4, 0.5) is 0 Å². The fourth-order valence-corrected chi connectivity index (χ4v) is 3.75. The maximum atomic E-state index is 12.5. The summed E-state index contributed by atoms with van der Waals surface area (Å²) < 4.78 is 26.3. The molecule has 0 aliphatic carbocycles. The SMILES string of the molecule is Cc1ccc(S(=O)(=O)N2CCC(N)CC2)cc1C(=O)O. The van der Waals surface area contributed by atoms with Gasteiger partial charge in [0.05, 0.1) is 10.5 Å². The van der Waals surface area contributed by atoms with Gasteiger partial charge in [0.2, 0.25) is 10.0 Å². The first kappa shape index (κ1) is 15.0. The summed E-state index contributed by atoms with van der Waals surface area (Å²) in [5.74, 6) is -1.12. The first-order valence-corrected chi connectivity index (χ1v) is 7.86. The fourth-order valence-electron chi connectivity index (χ4n) is 2.26. The van der Waals surface area contributed by atoms with Gasteiger partial charge in [-0.3, -0.25) is 0 Å². The van der Waals surface area contributed by atoms with Gasteiger partial charge in [0.25, 0.3) is 0 Å². The summed E-state index contributed by atoms with van der Waals surface area (Å²) in [6.07, 6.45) is 1.24. The summed E-state index contributed by atoms with van der Waals surface area (Å²) in [6.45, 7) is 2.39. The van der Waals surface area contributed by atoms with Crippen molar-refractivity contribution in [3.63, 3.8) is 0 Å². The highest BCUT2D eigenvalue weighted by atomic mass is 32.2. The van der Waals surface area contributed by atoms with Gasteiger partial charge in [-0.05, 0) is 37.5 Å². The topological polar surface area (TPSA) is 101 Å². The molecule has 6 nitrogen and oxygen atoms in total. The van der Waals surface area contributed by atoms with Crippen molar-refractivity contribution in [1.82, 2.24) is 4.31 Å². The van der Waals surface area contributed by atoms with Crippen LogP contribution in [0, 0.1) is 6.92 Å². The van der Waals surface area contributed by atoms with Gasteiger partial charge in [0.15, 0.2) is 0 Å². The Kier molecular flexibility index (Phi) is 4.12. The molecule has 7 heteroatoms. The summed E-state index contributed by atoms with van der Waals surface area (Å²) >= 11 is 0. The van der Waals surface area contributed by atoms with E-state index in [1.54, 1.807) is 6.92 Å². The lowest BCUT2D eigenvalue weighted by atomic mass is 10.1. The number of aryl methyl sites for hydroxylation is 1. The number of sulfonamides is 1. The van der Waals surface area contributed by atoms with Crippen molar-refractivity contribution in [2.24, 2.45) is 5.73 Å². The Morgan fingerprint density at radius 2 is 1.95 bits per heavy atom. The third-order valence-electron chi connectivity index (χ3n) is 3.58. The minimum atomic E-state index is -3.64. The van der Waals surface area contributed by atoms with E-state index in [1.807, 2.05) is 0 Å². The highest BCUT2D eigenvalue weighted by Gasteiger charge is 2.28. The number of benzene rings is 1. The Morgan fingerprint density at radius 3 is 2.50 bits per heavy atom. The largest absolute Gasteiger partial charge is 0.478 e. The Morgan fingerprint density at radius 1 is 1.35 bits per heavy atom. The van der Waals surface area contributed by atoms with Gasteiger partial charge in [0, 0.05) is 19.1 Å².